The molecule has 1 aromatic heterocycles. The van der Waals surface area contributed by atoms with Crippen molar-refractivity contribution in [2.45, 2.75) is 32.6 Å². The lowest BCUT2D eigenvalue weighted by Gasteiger charge is -2.19. The van der Waals surface area contributed by atoms with E-state index in [-0.39, 0.29) is 5.41 Å². The lowest BCUT2D eigenvalue weighted by atomic mass is 9.86. The van der Waals surface area contributed by atoms with E-state index in [0.29, 0.717) is 6.42 Å². The number of benzene rings is 1. The number of rotatable bonds is 1. The molecule has 0 spiro atoms. The Labute approximate surface area is 102 Å². The number of aromatic nitrogens is 2. The highest BCUT2D eigenvalue weighted by atomic mass is 15.1. The highest BCUT2D eigenvalue weighted by Gasteiger charge is 2.19. The van der Waals surface area contributed by atoms with Crippen molar-refractivity contribution >= 4 is 11.0 Å². The highest BCUT2D eigenvalue weighted by molar-refractivity contribution is 5.80. The van der Waals surface area contributed by atoms with Gasteiger partial charge < -0.3 is 4.57 Å². The Bertz CT molecular complexity index is 594. The molecule has 1 aromatic carbocycles. The van der Waals surface area contributed by atoms with E-state index in [2.05, 4.69) is 50.0 Å². The van der Waals surface area contributed by atoms with Gasteiger partial charge in [-0.1, -0.05) is 32.9 Å². The number of aryl methyl sites for hydroxylation is 1. The average molecular weight is 227 g/mol. The van der Waals surface area contributed by atoms with E-state index in [0.717, 1.165) is 16.9 Å². The van der Waals surface area contributed by atoms with Gasteiger partial charge >= 0.3 is 0 Å². The second-order valence-electron chi connectivity index (χ2n) is 5.35. The fourth-order valence-electron chi connectivity index (χ4n) is 2.10. The molecular formula is C14H17N3. The number of para-hydroxylation sites is 1. The molecule has 0 fully saturated rings. The standard InChI is InChI=1S/C14H17N3/c1-14(2,3)10-6-5-7-11-13(10)16-12(8-9-15)17(11)4/h5-7H,8H2,1-4H3. The third-order valence-corrected chi connectivity index (χ3v) is 3.05. The summed E-state index contributed by atoms with van der Waals surface area (Å²) in [7, 11) is 1.97. The molecule has 1 heterocycles. The zero-order chi connectivity index (χ0) is 12.6. The Morgan fingerprint density at radius 3 is 2.65 bits per heavy atom. The summed E-state index contributed by atoms with van der Waals surface area (Å²) in [4.78, 5) is 4.61. The average Bonchev–Trinajstić information content (AvgIpc) is 2.55. The van der Waals surface area contributed by atoms with Gasteiger partial charge in [0.05, 0.1) is 23.5 Å². The number of fused-ring (bicyclic) bond motifs is 1. The molecule has 0 unspecified atom stereocenters. The van der Waals surface area contributed by atoms with Gasteiger partial charge in [-0.05, 0) is 17.0 Å². The van der Waals surface area contributed by atoms with E-state index in [1.807, 2.05) is 11.6 Å². The topological polar surface area (TPSA) is 41.6 Å². The molecule has 2 rings (SSSR count). The van der Waals surface area contributed by atoms with Crippen LogP contribution in [0.2, 0.25) is 0 Å². The van der Waals surface area contributed by atoms with Crippen molar-refractivity contribution in [3.63, 3.8) is 0 Å². The van der Waals surface area contributed by atoms with E-state index >= 15 is 0 Å². The van der Waals surface area contributed by atoms with E-state index in [9.17, 15) is 0 Å². The van der Waals surface area contributed by atoms with Crippen LogP contribution in [0.15, 0.2) is 18.2 Å². The molecule has 0 aliphatic heterocycles. The summed E-state index contributed by atoms with van der Waals surface area (Å²) in [6, 6.07) is 8.39. The van der Waals surface area contributed by atoms with Gasteiger partial charge in [-0.15, -0.1) is 0 Å². The largest absolute Gasteiger partial charge is 0.330 e. The maximum atomic E-state index is 8.80. The minimum Gasteiger partial charge on any atom is -0.330 e. The van der Waals surface area contributed by atoms with E-state index in [1.54, 1.807) is 0 Å². The summed E-state index contributed by atoms with van der Waals surface area (Å²) >= 11 is 0. The Balaban J connectivity index is 2.74. The normalized spacial score (nSPS) is 11.7. The summed E-state index contributed by atoms with van der Waals surface area (Å²) in [6.45, 7) is 6.54. The number of nitrogens with zero attached hydrogens (tertiary/aromatic N) is 3. The van der Waals surface area contributed by atoms with Crippen LogP contribution in [-0.4, -0.2) is 9.55 Å². The zero-order valence-electron chi connectivity index (χ0n) is 10.8. The van der Waals surface area contributed by atoms with Crippen LogP contribution in [0.4, 0.5) is 0 Å². The smallest absolute Gasteiger partial charge is 0.123 e. The van der Waals surface area contributed by atoms with Gasteiger partial charge in [0.25, 0.3) is 0 Å². The Hall–Kier alpha value is -1.82. The molecule has 3 nitrogen and oxygen atoms in total. The van der Waals surface area contributed by atoms with Crippen molar-refractivity contribution in [3.05, 3.63) is 29.6 Å². The zero-order valence-corrected chi connectivity index (χ0v) is 10.8. The molecule has 0 radical (unpaired) electrons. The SMILES string of the molecule is Cn1c(CC#N)nc2c(C(C)(C)C)cccc21. The summed E-state index contributed by atoms with van der Waals surface area (Å²) in [6.07, 6.45) is 0.356. The fourth-order valence-corrected chi connectivity index (χ4v) is 2.10. The maximum absolute atomic E-state index is 8.80. The predicted octanol–water partition coefficient (Wildman–Crippen LogP) is 2.94. The van der Waals surface area contributed by atoms with Crippen molar-refractivity contribution in [2.24, 2.45) is 7.05 Å². The second-order valence-corrected chi connectivity index (χ2v) is 5.35. The van der Waals surface area contributed by atoms with E-state index in [1.165, 1.54) is 5.56 Å². The van der Waals surface area contributed by atoms with Gasteiger partial charge in [0.2, 0.25) is 0 Å². The minimum atomic E-state index is 0.0672. The van der Waals surface area contributed by atoms with Crippen LogP contribution in [0.25, 0.3) is 11.0 Å². The Morgan fingerprint density at radius 1 is 1.35 bits per heavy atom. The van der Waals surface area contributed by atoms with E-state index in [4.69, 9.17) is 5.26 Å². The van der Waals surface area contributed by atoms with Crippen molar-refractivity contribution in [1.82, 2.24) is 9.55 Å². The minimum absolute atomic E-state index is 0.0672. The fraction of sp³-hybridized carbons (Fsp3) is 0.429. The lowest BCUT2D eigenvalue weighted by Crippen LogP contribution is -2.11. The predicted molar refractivity (Wildman–Crippen MR) is 68.7 cm³/mol. The van der Waals surface area contributed by atoms with Crippen LogP contribution in [-0.2, 0) is 18.9 Å². The van der Waals surface area contributed by atoms with Gasteiger partial charge in [0, 0.05) is 7.05 Å². The second kappa shape index (κ2) is 3.89. The molecule has 17 heavy (non-hydrogen) atoms. The van der Waals surface area contributed by atoms with Crippen molar-refractivity contribution in [3.8, 4) is 6.07 Å². The van der Waals surface area contributed by atoms with E-state index < -0.39 is 0 Å². The summed E-state index contributed by atoms with van der Waals surface area (Å²) in [5.41, 5.74) is 3.42. The first-order chi connectivity index (χ1) is 7.95. The molecule has 0 aliphatic carbocycles. The van der Waals surface area contributed by atoms with Crippen LogP contribution in [0, 0.1) is 11.3 Å². The lowest BCUT2D eigenvalue weighted by molar-refractivity contribution is 0.595. The highest BCUT2D eigenvalue weighted by Crippen LogP contribution is 2.29. The monoisotopic (exact) mass is 227 g/mol. The van der Waals surface area contributed by atoms with Gasteiger partial charge in [-0.2, -0.15) is 5.26 Å². The molecule has 0 N–H and O–H groups in total. The summed E-state index contributed by atoms with van der Waals surface area (Å²) in [5.74, 6) is 0.833. The molecule has 0 amide bonds. The van der Waals surface area contributed by atoms with Crippen LogP contribution in [0.1, 0.15) is 32.2 Å². The Morgan fingerprint density at radius 2 is 2.06 bits per heavy atom. The number of hydrogen-bond acceptors (Lipinski definition) is 2. The summed E-state index contributed by atoms with van der Waals surface area (Å²) < 4.78 is 2.01. The van der Waals surface area contributed by atoms with Crippen LogP contribution >= 0.6 is 0 Å². The summed E-state index contributed by atoms with van der Waals surface area (Å²) in [5, 5.41) is 8.80. The van der Waals surface area contributed by atoms with Crippen molar-refractivity contribution in [1.29, 1.82) is 5.26 Å². The third-order valence-electron chi connectivity index (χ3n) is 3.05. The van der Waals surface area contributed by atoms with Gasteiger partial charge in [-0.25, -0.2) is 4.98 Å². The first-order valence-electron chi connectivity index (χ1n) is 5.77. The molecule has 0 bridgehead atoms. The molecule has 0 saturated heterocycles. The van der Waals surface area contributed by atoms with Crippen molar-refractivity contribution < 1.29 is 0 Å². The first kappa shape index (κ1) is 11.7. The number of hydrogen-bond donors (Lipinski definition) is 0. The molecule has 0 saturated carbocycles. The number of nitriles is 1. The molecule has 0 aliphatic rings. The first-order valence-corrected chi connectivity index (χ1v) is 5.77. The Kier molecular flexibility index (Phi) is 2.66. The molecular weight excluding hydrogens is 210 g/mol. The van der Waals surface area contributed by atoms with Gasteiger partial charge in [0.15, 0.2) is 0 Å². The maximum Gasteiger partial charge on any atom is 0.123 e. The van der Waals surface area contributed by atoms with Gasteiger partial charge in [0.1, 0.15) is 5.82 Å². The van der Waals surface area contributed by atoms with Gasteiger partial charge in [-0.3, -0.25) is 0 Å². The van der Waals surface area contributed by atoms with Crippen molar-refractivity contribution in [2.75, 3.05) is 0 Å². The molecule has 0 atom stereocenters. The third kappa shape index (κ3) is 1.91. The molecule has 3 heteroatoms. The quantitative estimate of drug-likeness (QED) is 0.751. The van der Waals surface area contributed by atoms with Crippen LogP contribution in [0.5, 0.6) is 0 Å². The molecule has 2 aromatic rings. The van der Waals surface area contributed by atoms with Crippen LogP contribution in [0.3, 0.4) is 0 Å². The van der Waals surface area contributed by atoms with Crippen LogP contribution < -0.4 is 0 Å². The molecule has 88 valence electrons. The number of imidazole rings is 1.